The Labute approximate surface area is 127 Å². The second kappa shape index (κ2) is 8.31. The molecule has 0 fully saturated rings. The molecule has 7 heteroatoms. The minimum absolute atomic E-state index is 0.170. The molecular weight excluding hydrogens is 292 g/mol. The van der Waals surface area contributed by atoms with E-state index >= 15 is 0 Å². The van der Waals surface area contributed by atoms with E-state index in [1.165, 1.54) is 18.9 Å². The Morgan fingerprint density at radius 1 is 1.29 bits per heavy atom. The molecule has 2 amide bonds. The van der Waals surface area contributed by atoms with Crippen molar-refractivity contribution in [3.8, 4) is 0 Å². The van der Waals surface area contributed by atoms with Crippen LogP contribution in [0.25, 0.3) is 0 Å². The van der Waals surface area contributed by atoms with Gasteiger partial charge in [0.05, 0.1) is 18.8 Å². The lowest BCUT2D eigenvalue weighted by molar-refractivity contribution is -0.140. The Morgan fingerprint density at radius 3 is 2.43 bits per heavy atom. The quantitative estimate of drug-likeness (QED) is 0.742. The molecule has 0 aliphatic rings. The Hall–Kier alpha value is -2.02. The number of primary amides is 1. The van der Waals surface area contributed by atoms with Crippen LogP contribution in [0.15, 0.2) is 24.3 Å². The number of amides is 2. The second-order valence-corrected chi connectivity index (χ2v) is 5.72. The van der Waals surface area contributed by atoms with Crippen LogP contribution in [0.1, 0.15) is 23.7 Å². The van der Waals surface area contributed by atoms with Gasteiger partial charge in [-0.3, -0.25) is 14.4 Å². The van der Waals surface area contributed by atoms with E-state index < -0.39 is 5.91 Å². The molecule has 0 aliphatic heterocycles. The van der Waals surface area contributed by atoms with E-state index in [4.69, 9.17) is 5.73 Å². The average molecular weight is 310 g/mol. The molecule has 1 aromatic carbocycles. The first kappa shape index (κ1) is 17.0. The number of benzene rings is 1. The van der Waals surface area contributed by atoms with E-state index in [2.05, 4.69) is 10.1 Å². The van der Waals surface area contributed by atoms with E-state index in [0.717, 1.165) is 0 Å². The second-order valence-electron chi connectivity index (χ2n) is 4.27. The third-order valence-electron chi connectivity index (χ3n) is 2.71. The van der Waals surface area contributed by atoms with Gasteiger partial charge in [-0.2, -0.15) is 0 Å². The van der Waals surface area contributed by atoms with Crippen molar-refractivity contribution in [2.45, 2.75) is 18.6 Å². The lowest BCUT2D eigenvalue weighted by Crippen LogP contribution is -2.23. The molecule has 0 aromatic heterocycles. The number of carbonyl (C=O) groups excluding carboxylic acids is 3. The molecule has 114 valence electrons. The van der Waals surface area contributed by atoms with Gasteiger partial charge in [0.1, 0.15) is 0 Å². The van der Waals surface area contributed by atoms with Crippen molar-refractivity contribution >= 4 is 35.2 Å². The summed E-state index contributed by atoms with van der Waals surface area (Å²) in [6.07, 6.45) is 0.270. The number of methoxy groups -OCH3 is 1. The number of rotatable bonds is 7. The predicted octanol–water partition coefficient (Wildman–Crippen LogP) is 1.41. The number of hydrogen-bond donors (Lipinski definition) is 2. The Bertz CT molecular complexity index is 516. The highest BCUT2D eigenvalue weighted by Crippen LogP contribution is 2.16. The number of anilines is 1. The van der Waals surface area contributed by atoms with Crippen molar-refractivity contribution in [3.63, 3.8) is 0 Å². The summed E-state index contributed by atoms with van der Waals surface area (Å²) in [4.78, 5) is 33.8. The SMILES string of the molecule is COC(=O)CCS[C@H](C)C(=O)Nc1ccc(C(N)=O)cc1. The third-order valence-corrected chi connectivity index (χ3v) is 3.86. The van der Waals surface area contributed by atoms with Crippen LogP contribution in [0.5, 0.6) is 0 Å². The van der Waals surface area contributed by atoms with Crippen molar-refractivity contribution in [1.29, 1.82) is 0 Å². The number of carbonyl (C=O) groups is 3. The molecule has 0 heterocycles. The maximum atomic E-state index is 11.9. The van der Waals surface area contributed by atoms with Gasteiger partial charge in [-0.05, 0) is 31.2 Å². The van der Waals surface area contributed by atoms with Gasteiger partial charge in [-0.1, -0.05) is 0 Å². The molecule has 3 N–H and O–H groups in total. The van der Waals surface area contributed by atoms with Crippen LogP contribution in [0.3, 0.4) is 0 Å². The summed E-state index contributed by atoms with van der Waals surface area (Å²) < 4.78 is 4.53. The Kier molecular flexibility index (Phi) is 6.74. The number of nitrogens with two attached hydrogens (primary N) is 1. The van der Waals surface area contributed by atoms with Gasteiger partial charge in [-0.25, -0.2) is 0 Å². The fraction of sp³-hybridized carbons (Fsp3) is 0.357. The molecular formula is C14H18N2O4S. The molecule has 0 saturated carbocycles. The molecule has 6 nitrogen and oxygen atoms in total. The summed E-state index contributed by atoms with van der Waals surface area (Å²) in [5.41, 5.74) is 6.11. The van der Waals surface area contributed by atoms with E-state index in [9.17, 15) is 14.4 Å². The van der Waals surface area contributed by atoms with Gasteiger partial charge in [0.25, 0.3) is 0 Å². The Balaban J connectivity index is 2.44. The summed E-state index contributed by atoms with van der Waals surface area (Å²) in [6.45, 7) is 1.76. The van der Waals surface area contributed by atoms with Gasteiger partial charge < -0.3 is 15.8 Å². The zero-order valence-corrected chi connectivity index (χ0v) is 12.7. The van der Waals surface area contributed by atoms with Gasteiger partial charge in [0.15, 0.2) is 0 Å². The largest absolute Gasteiger partial charge is 0.469 e. The first-order chi connectivity index (χ1) is 9.93. The molecule has 1 aromatic rings. The van der Waals surface area contributed by atoms with Crippen molar-refractivity contribution in [1.82, 2.24) is 0 Å². The molecule has 21 heavy (non-hydrogen) atoms. The molecule has 0 radical (unpaired) electrons. The first-order valence-electron chi connectivity index (χ1n) is 6.33. The van der Waals surface area contributed by atoms with Crippen LogP contribution in [-0.2, 0) is 14.3 Å². The van der Waals surface area contributed by atoms with Gasteiger partial charge in [0, 0.05) is 17.0 Å². The Morgan fingerprint density at radius 2 is 1.90 bits per heavy atom. The standard InChI is InChI=1S/C14H18N2O4S/c1-9(21-8-7-12(17)20-2)14(19)16-11-5-3-10(4-6-11)13(15)18/h3-6,9H,7-8H2,1-2H3,(H2,15,18)(H,16,19)/t9-/m1/s1. The molecule has 0 saturated heterocycles. The summed E-state index contributed by atoms with van der Waals surface area (Å²) in [7, 11) is 1.33. The van der Waals surface area contributed by atoms with Crippen molar-refractivity contribution < 1.29 is 19.1 Å². The zero-order valence-electron chi connectivity index (χ0n) is 11.9. The molecule has 0 spiro atoms. The maximum absolute atomic E-state index is 11.9. The highest BCUT2D eigenvalue weighted by atomic mass is 32.2. The minimum Gasteiger partial charge on any atom is -0.469 e. The van der Waals surface area contributed by atoms with Gasteiger partial charge in [0.2, 0.25) is 11.8 Å². The average Bonchev–Trinajstić information content (AvgIpc) is 2.47. The van der Waals surface area contributed by atoms with E-state index in [1.54, 1.807) is 31.2 Å². The van der Waals surface area contributed by atoms with Crippen LogP contribution >= 0.6 is 11.8 Å². The summed E-state index contributed by atoms with van der Waals surface area (Å²) in [5.74, 6) is -0.463. The number of ether oxygens (including phenoxy) is 1. The fourth-order valence-electron chi connectivity index (χ4n) is 1.46. The zero-order chi connectivity index (χ0) is 15.8. The number of thioether (sulfide) groups is 1. The van der Waals surface area contributed by atoms with Crippen molar-refractivity contribution in [3.05, 3.63) is 29.8 Å². The predicted molar refractivity (Wildman–Crippen MR) is 82.1 cm³/mol. The summed E-state index contributed by atoms with van der Waals surface area (Å²) in [5, 5.41) is 2.43. The summed E-state index contributed by atoms with van der Waals surface area (Å²) >= 11 is 1.37. The van der Waals surface area contributed by atoms with Gasteiger partial charge in [-0.15, -0.1) is 11.8 Å². The normalized spacial score (nSPS) is 11.5. The van der Waals surface area contributed by atoms with Crippen LogP contribution in [0.4, 0.5) is 5.69 Å². The highest BCUT2D eigenvalue weighted by molar-refractivity contribution is 8.00. The minimum atomic E-state index is -0.514. The third kappa shape index (κ3) is 5.86. The molecule has 0 unspecified atom stereocenters. The van der Waals surface area contributed by atoms with E-state index in [0.29, 0.717) is 17.0 Å². The van der Waals surface area contributed by atoms with E-state index in [-0.39, 0.29) is 23.5 Å². The number of esters is 1. The van der Waals surface area contributed by atoms with Crippen LogP contribution < -0.4 is 11.1 Å². The number of nitrogens with one attached hydrogen (secondary N) is 1. The topological polar surface area (TPSA) is 98.5 Å². The smallest absolute Gasteiger partial charge is 0.306 e. The van der Waals surface area contributed by atoms with Crippen molar-refractivity contribution in [2.24, 2.45) is 5.73 Å². The first-order valence-corrected chi connectivity index (χ1v) is 7.38. The summed E-state index contributed by atoms with van der Waals surface area (Å²) in [6, 6.07) is 6.33. The monoisotopic (exact) mass is 310 g/mol. The van der Waals surface area contributed by atoms with Gasteiger partial charge >= 0.3 is 5.97 Å². The molecule has 1 rings (SSSR count). The highest BCUT2D eigenvalue weighted by Gasteiger charge is 2.14. The lowest BCUT2D eigenvalue weighted by atomic mass is 10.2. The maximum Gasteiger partial charge on any atom is 0.306 e. The fourth-order valence-corrected chi connectivity index (χ4v) is 2.31. The van der Waals surface area contributed by atoms with Crippen LogP contribution in [0, 0.1) is 0 Å². The molecule has 0 aliphatic carbocycles. The molecule has 0 bridgehead atoms. The van der Waals surface area contributed by atoms with E-state index in [1.807, 2.05) is 0 Å². The molecule has 1 atom stereocenters. The van der Waals surface area contributed by atoms with Crippen molar-refractivity contribution in [2.75, 3.05) is 18.2 Å². The van der Waals surface area contributed by atoms with Crippen LogP contribution in [-0.4, -0.2) is 35.9 Å². The van der Waals surface area contributed by atoms with Crippen LogP contribution in [0.2, 0.25) is 0 Å². The lowest BCUT2D eigenvalue weighted by Gasteiger charge is -2.11. The number of hydrogen-bond acceptors (Lipinski definition) is 5.